The van der Waals surface area contributed by atoms with E-state index in [1.54, 1.807) is 19.1 Å². The fourth-order valence-corrected chi connectivity index (χ4v) is 1.54. The first-order valence-corrected chi connectivity index (χ1v) is 5.76. The van der Waals surface area contributed by atoms with Gasteiger partial charge in [-0.25, -0.2) is 0 Å². The number of carbonyl (C=O) groups excluding carboxylic acids is 1. The van der Waals surface area contributed by atoms with Gasteiger partial charge in [-0.1, -0.05) is 6.07 Å². The minimum absolute atomic E-state index is 0.0215. The first-order valence-electron chi connectivity index (χ1n) is 5.76. The highest BCUT2D eigenvalue weighted by atomic mass is 16.3. The van der Waals surface area contributed by atoms with Crippen molar-refractivity contribution in [1.29, 1.82) is 0 Å². The van der Waals surface area contributed by atoms with Gasteiger partial charge in [-0.15, -0.1) is 0 Å². The van der Waals surface area contributed by atoms with E-state index in [2.05, 4.69) is 5.32 Å². The summed E-state index contributed by atoms with van der Waals surface area (Å²) in [4.78, 5) is 11.6. The second kappa shape index (κ2) is 5.68. The molecule has 0 heterocycles. The molecule has 1 aromatic rings. The van der Waals surface area contributed by atoms with Crippen LogP contribution in [0.5, 0.6) is 5.75 Å². The number of anilines is 1. The molecule has 0 fully saturated rings. The molecule has 0 spiro atoms. The van der Waals surface area contributed by atoms with Crippen molar-refractivity contribution in [3.63, 3.8) is 0 Å². The zero-order valence-electron chi connectivity index (χ0n) is 10.6. The molecule has 4 nitrogen and oxygen atoms in total. The maximum absolute atomic E-state index is 11.6. The number of carbonyl (C=O) groups is 1. The Morgan fingerprint density at radius 2 is 2.12 bits per heavy atom. The second-order valence-electron chi connectivity index (χ2n) is 4.47. The number of aryl methyl sites for hydroxylation is 1. The van der Waals surface area contributed by atoms with E-state index in [-0.39, 0.29) is 17.7 Å². The van der Waals surface area contributed by atoms with Crippen LogP contribution in [-0.4, -0.2) is 17.1 Å². The number of hydrogen-bond acceptors (Lipinski definition) is 3. The third-order valence-corrected chi connectivity index (χ3v) is 2.73. The van der Waals surface area contributed by atoms with Crippen LogP contribution in [0.4, 0.5) is 5.69 Å². The third kappa shape index (κ3) is 3.75. The molecule has 1 rings (SSSR count). The lowest BCUT2D eigenvalue weighted by atomic mass is 10.1. The number of nitrogens with one attached hydrogen (secondary N) is 1. The molecule has 0 aliphatic rings. The molecule has 0 saturated carbocycles. The predicted molar refractivity (Wildman–Crippen MR) is 69.1 cm³/mol. The largest absolute Gasteiger partial charge is 0.507 e. The Balaban J connectivity index is 2.69. The Morgan fingerprint density at radius 3 is 2.71 bits per heavy atom. The summed E-state index contributed by atoms with van der Waals surface area (Å²) >= 11 is 0. The van der Waals surface area contributed by atoms with Crippen molar-refractivity contribution in [3.8, 4) is 5.75 Å². The Hall–Kier alpha value is -1.55. The lowest BCUT2D eigenvalue weighted by Gasteiger charge is -2.11. The maximum Gasteiger partial charge on any atom is 0.224 e. The summed E-state index contributed by atoms with van der Waals surface area (Å²) in [5, 5.41) is 12.5. The minimum Gasteiger partial charge on any atom is -0.507 e. The van der Waals surface area contributed by atoms with Crippen molar-refractivity contribution < 1.29 is 9.90 Å². The summed E-state index contributed by atoms with van der Waals surface area (Å²) in [6.45, 7) is 5.48. The highest BCUT2D eigenvalue weighted by Gasteiger charge is 2.09. The van der Waals surface area contributed by atoms with E-state index in [1.807, 2.05) is 13.8 Å². The van der Waals surface area contributed by atoms with Crippen molar-refractivity contribution in [3.05, 3.63) is 23.3 Å². The summed E-state index contributed by atoms with van der Waals surface area (Å²) < 4.78 is 0. The predicted octanol–water partition coefficient (Wildman–Crippen LogP) is 2.07. The van der Waals surface area contributed by atoms with Gasteiger partial charge < -0.3 is 16.2 Å². The number of hydrogen-bond donors (Lipinski definition) is 3. The van der Waals surface area contributed by atoms with Crippen LogP contribution in [0.2, 0.25) is 0 Å². The van der Waals surface area contributed by atoms with E-state index >= 15 is 0 Å². The molecule has 1 atom stereocenters. The van der Waals surface area contributed by atoms with Crippen molar-refractivity contribution >= 4 is 11.6 Å². The van der Waals surface area contributed by atoms with E-state index < -0.39 is 0 Å². The molecule has 0 aromatic heterocycles. The number of rotatable bonds is 4. The molecule has 1 amide bonds. The van der Waals surface area contributed by atoms with Crippen molar-refractivity contribution in [2.24, 2.45) is 5.73 Å². The first kappa shape index (κ1) is 13.5. The molecule has 0 saturated heterocycles. The number of nitrogens with two attached hydrogens (primary N) is 1. The molecule has 1 aromatic carbocycles. The average molecular weight is 236 g/mol. The van der Waals surface area contributed by atoms with Crippen molar-refractivity contribution in [1.82, 2.24) is 0 Å². The average Bonchev–Trinajstić information content (AvgIpc) is 2.27. The number of aromatic hydroxyl groups is 1. The Bertz CT molecular complexity index is 414. The first-order chi connectivity index (χ1) is 7.91. The molecule has 1 unspecified atom stereocenters. The second-order valence-corrected chi connectivity index (χ2v) is 4.47. The SMILES string of the molecule is Cc1ccc(NC(=O)CCC(C)N)c(C)c1O. The molecule has 0 bridgehead atoms. The highest BCUT2D eigenvalue weighted by molar-refractivity contribution is 5.91. The quantitative estimate of drug-likeness (QED) is 0.749. The van der Waals surface area contributed by atoms with Gasteiger partial charge in [0.15, 0.2) is 0 Å². The number of benzene rings is 1. The van der Waals surface area contributed by atoms with E-state index in [4.69, 9.17) is 5.73 Å². The van der Waals surface area contributed by atoms with Crippen LogP contribution in [0.3, 0.4) is 0 Å². The fourth-order valence-electron chi connectivity index (χ4n) is 1.54. The van der Waals surface area contributed by atoms with E-state index in [0.717, 1.165) is 5.56 Å². The van der Waals surface area contributed by atoms with Crippen LogP contribution in [0.1, 0.15) is 30.9 Å². The number of phenols is 1. The molecule has 0 aliphatic heterocycles. The van der Waals surface area contributed by atoms with Crippen LogP contribution in [-0.2, 0) is 4.79 Å². The standard InChI is InChI=1S/C13H20N2O2/c1-8-4-6-11(10(3)13(8)17)15-12(16)7-5-9(2)14/h4,6,9,17H,5,7,14H2,1-3H3,(H,15,16). The van der Waals surface area contributed by atoms with Gasteiger partial charge in [0, 0.05) is 23.7 Å². The van der Waals surface area contributed by atoms with Gasteiger partial charge in [-0.05, 0) is 38.8 Å². The van der Waals surface area contributed by atoms with Gasteiger partial charge in [0.25, 0.3) is 0 Å². The summed E-state index contributed by atoms with van der Waals surface area (Å²) in [6.07, 6.45) is 1.05. The number of amides is 1. The van der Waals surface area contributed by atoms with Gasteiger partial charge in [0.2, 0.25) is 5.91 Å². The van der Waals surface area contributed by atoms with Crippen LogP contribution in [0, 0.1) is 13.8 Å². The zero-order valence-corrected chi connectivity index (χ0v) is 10.6. The monoisotopic (exact) mass is 236 g/mol. The van der Waals surface area contributed by atoms with E-state index in [0.29, 0.717) is 24.1 Å². The summed E-state index contributed by atoms with van der Waals surface area (Å²) in [6, 6.07) is 3.60. The summed E-state index contributed by atoms with van der Waals surface area (Å²) in [5.74, 6) is 0.156. The van der Waals surface area contributed by atoms with Crippen LogP contribution >= 0.6 is 0 Å². The molecule has 4 heteroatoms. The molecule has 94 valence electrons. The van der Waals surface area contributed by atoms with Crippen LogP contribution in [0.15, 0.2) is 12.1 Å². The molecular formula is C13H20N2O2. The third-order valence-electron chi connectivity index (χ3n) is 2.73. The lowest BCUT2D eigenvalue weighted by molar-refractivity contribution is -0.116. The van der Waals surface area contributed by atoms with Crippen LogP contribution < -0.4 is 11.1 Å². The number of phenolic OH excluding ortho intramolecular Hbond substituents is 1. The molecule has 4 N–H and O–H groups in total. The topological polar surface area (TPSA) is 75.4 Å². The van der Waals surface area contributed by atoms with Crippen molar-refractivity contribution in [2.45, 2.75) is 39.7 Å². The van der Waals surface area contributed by atoms with Gasteiger partial charge in [-0.3, -0.25) is 4.79 Å². The molecule has 0 aliphatic carbocycles. The summed E-state index contributed by atoms with van der Waals surface area (Å²) in [5.41, 5.74) is 7.74. The highest BCUT2D eigenvalue weighted by Crippen LogP contribution is 2.28. The van der Waals surface area contributed by atoms with Crippen molar-refractivity contribution in [2.75, 3.05) is 5.32 Å². The Morgan fingerprint density at radius 1 is 1.47 bits per heavy atom. The summed E-state index contributed by atoms with van der Waals surface area (Å²) in [7, 11) is 0. The van der Waals surface area contributed by atoms with Gasteiger partial charge >= 0.3 is 0 Å². The van der Waals surface area contributed by atoms with Gasteiger partial charge in [0.05, 0.1) is 0 Å². The Labute approximate surface area is 102 Å². The van der Waals surface area contributed by atoms with E-state index in [1.165, 1.54) is 0 Å². The van der Waals surface area contributed by atoms with Gasteiger partial charge in [0.1, 0.15) is 5.75 Å². The molecule has 0 radical (unpaired) electrons. The minimum atomic E-state index is -0.0753. The smallest absolute Gasteiger partial charge is 0.224 e. The van der Waals surface area contributed by atoms with E-state index in [9.17, 15) is 9.90 Å². The zero-order chi connectivity index (χ0) is 13.0. The van der Waals surface area contributed by atoms with Gasteiger partial charge in [-0.2, -0.15) is 0 Å². The lowest BCUT2D eigenvalue weighted by Crippen LogP contribution is -2.19. The fraction of sp³-hybridized carbons (Fsp3) is 0.462. The van der Waals surface area contributed by atoms with Crippen LogP contribution in [0.25, 0.3) is 0 Å². The normalized spacial score (nSPS) is 12.2. The molecule has 17 heavy (non-hydrogen) atoms. The Kier molecular flexibility index (Phi) is 4.52. The molecular weight excluding hydrogens is 216 g/mol. The maximum atomic E-state index is 11.6.